The van der Waals surface area contributed by atoms with E-state index in [2.05, 4.69) is 34.3 Å². The normalized spacial score (nSPS) is 16.1. The third-order valence-corrected chi connectivity index (χ3v) is 6.54. The Balaban J connectivity index is 1.61. The number of carbonyl (C=O) groups excluding carboxylic acids is 1. The third kappa shape index (κ3) is 4.50. The molecule has 1 unspecified atom stereocenters. The minimum absolute atomic E-state index is 0.0296. The van der Waals surface area contributed by atoms with Gasteiger partial charge in [0, 0.05) is 36.3 Å². The molecule has 2 aromatic heterocycles. The summed E-state index contributed by atoms with van der Waals surface area (Å²) in [5.41, 5.74) is 4.79. The average Bonchev–Trinajstić information content (AvgIpc) is 3.52. The number of aromatic nitrogens is 2. The van der Waals surface area contributed by atoms with E-state index in [-0.39, 0.29) is 12.0 Å². The largest absolute Gasteiger partial charge is 0.376 e. The summed E-state index contributed by atoms with van der Waals surface area (Å²) in [6, 6.07) is 12.2. The fourth-order valence-electron chi connectivity index (χ4n) is 3.90. The molecule has 5 nitrogen and oxygen atoms in total. The zero-order chi connectivity index (χ0) is 20.9. The van der Waals surface area contributed by atoms with Crippen molar-refractivity contribution < 1.29 is 9.53 Å². The summed E-state index contributed by atoms with van der Waals surface area (Å²) in [6.07, 6.45) is 4.40. The van der Waals surface area contributed by atoms with Crippen LogP contribution in [0.2, 0.25) is 0 Å². The first-order valence-electron chi connectivity index (χ1n) is 10.8. The maximum absolute atomic E-state index is 12.9. The van der Waals surface area contributed by atoms with Crippen LogP contribution >= 0.6 is 11.3 Å². The maximum Gasteiger partial charge on any atom is 0.253 e. The number of benzene rings is 1. The number of nitrogens with one attached hydrogen (secondary N) is 1. The number of unbranched alkanes of at least 4 members (excludes halogenated alkanes) is 1. The monoisotopic (exact) mass is 423 g/mol. The molecule has 1 aliphatic rings. The summed E-state index contributed by atoms with van der Waals surface area (Å²) in [5.74, 6) is -0.0296. The first-order valence-corrected chi connectivity index (χ1v) is 11.7. The van der Waals surface area contributed by atoms with Crippen molar-refractivity contribution in [2.75, 3.05) is 13.2 Å². The smallest absolute Gasteiger partial charge is 0.253 e. The van der Waals surface area contributed by atoms with Gasteiger partial charge in [-0.1, -0.05) is 43.7 Å². The molecule has 1 aliphatic heterocycles. The highest BCUT2D eigenvalue weighted by Crippen LogP contribution is 2.31. The van der Waals surface area contributed by atoms with Crippen LogP contribution in [0.3, 0.4) is 0 Å². The van der Waals surface area contributed by atoms with Gasteiger partial charge in [-0.25, -0.2) is 4.98 Å². The van der Waals surface area contributed by atoms with E-state index in [0.717, 1.165) is 72.1 Å². The lowest BCUT2D eigenvalue weighted by molar-refractivity contribution is 0.0857. The molecule has 0 bridgehead atoms. The topological polar surface area (TPSA) is 56.2 Å². The van der Waals surface area contributed by atoms with E-state index in [0.29, 0.717) is 6.54 Å². The molecule has 0 spiro atoms. The van der Waals surface area contributed by atoms with Crippen LogP contribution in [0.4, 0.5) is 0 Å². The lowest BCUT2D eigenvalue weighted by atomic mass is 10.2. The summed E-state index contributed by atoms with van der Waals surface area (Å²) >= 11 is 1.64. The maximum atomic E-state index is 12.9. The molecular formula is C24H29N3O2S. The van der Waals surface area contributed by atoms with Crippen molar-refractivity contribution in [3.63, 3.8) is 0 Å². The van der Waals surface area contributed by atoms with Crippen molar-refractivity contribution in [1.29, 1.82) is 0 Å². The Morgan fingerprint density at radius 1 is 1.33 bits per heavy atom. The number of amides is 1. The minimum Gasteiger partial charge on any atom is -0.376 e. The van der Waals surface area contributed by atoms with E-state index >= 15 is 0 Å². The Hall–Kier alpha value is -2.44. The van der Waals surface area contributed by atoms with Crippen LogP contribution in [-0.4, -0.2) is 34.7 Å². The molecule has 1 atom stereocenters. The van der Waals surface area contributed by atoms with E-state index in [1.54, 1.807) is 11.3 Å². The summed E-state index contributed by atoms with van der Waals surface area (Å²) in [7, 11) is 0. The molecule has 3 aromatic rings. The molecule has 0 radical (unpaired) electrons. The molecule has 6 heteroatoms. The van der Waals surface area contributed by atoms with E-state index in [1.165, 1.54) is 0 Å². The predicted octanol–water partition coefficient (Wildman–Crippen LogP) is 5.30. The lowest BCUT2D eigenvalue weighted by Gasteiger charge is -2.12. The Kier molecular flexibility index (Phi) is 6.65. The van der Waals surface area contributed by atoms with Gasteiger partial charge in [0.05, 0.1) is 23.1 Å². The zero-order valence-corrected chi connectivity index (χ0v) is 18.5. The van der Waals surface area contributed by atoms with E-state index in [9.17, 15) is 4.79 Å². The summed E-state index contributed by atoms with van der Waals surface area (Å²) in [4.78, 5) is 17.8. The highest BCUT2D eigenvalue weighted by molar-refractivity contribution is 7.13. The van der Waals surface area contributed by atoms with Crippen molar-refractivity contribution in [3.05, 3.63) is 53.0 Å². The fraction of sp³-hybridized carbons (Fsp3) is 0.417. The standard InChI is InChI=1S/C24H29N3O2S/c1-3-4-12-27-17(2)20(23(28)25-15-19-11-8-13-29-19)14-22(27)21-16-30-24(26-21)18-9-6-5-7-10-18/h5-7,9-10,14,16,19H,3-4,8,11-13,15H2,1-2H3,(H,25,28). The molecule has 4 rings (SSSR count). The molecule has 158 valence electrons. The number of nitrogens with zero attached hydrogens (tertiary/aromatic N) is 2. The first kappa shape index (κ1) is 20.8. The number of hydrogen-bond acceptors (Lipinski definition) is 4. The van der Waals surface area contributed by atoms with Gasteiger partial charge >= 0.3 is 0 Å². The number of carbonyl (C=O) groups is 1. The molecule has 1 amide bonds. The second kappa shape index (κ2) is 9.58. The number of thiazole rings is 1. The van der Waals surface area contributed by atoms with E-state index in [1.807, 2.05) is 31.2 Å². The van der Waals surface area contributed by atoms with Crippen LogP contribution < -0.4 is 5.32 Å². The fourth-order valence-corrected chi connectivity index (χ4v) is 4.72. The molecule has 30 heavy (non-hydrogen) atoms. The highest BCUT2D eigenvalue weighted by Gasteiger charge is 2.22. The van der Waals surface area contributed by atoms with Gasteiger partial charge in [0.15, 0.2) is 0 Å². The summed E-state index contributed by atoms with van der Waals surface area (Å²) in [5, 5.41) is 6.15. The van der Waals surface area contributed by atoms with Crippen LogP contribution in [0.25, 0.3) is 22.0 Å². The van der Waals surface area contributed by atoms with E-state index < -0.39 is 0 Å². The Labute approximate surface area is 182 Å². The Bertz CT molecular complexity index is 987. The average molecular weight is 424 g/mol. The quantitative estimate of drug-likeness (QED) is 0.535. The van der Waals surface area contributed by atoms with Gasteiger partial charge in [0.1, 0.15) is 5.01 Å². The highest BCUT2D eigenvalue weighted by atomic mass is 32.1. The lowest BCUT2D eigenvalue weighted by Crippen LogP contribution is -2.32. The Morgan fingerprint density at radius 2 is 2.17 bits per heavy atom. The van der Waals surface area contributed by atoms with Crippen molar-refractivity contribution in [2.24, 2.45) is 0 Å². The minimum atomic E-state index is -0.0296. The SMILES string of the molecule is CCCCn1c(-c2csc(-c3ccccc3)n2)cc(C(=O)NCC2CCCO2)c1C. The molecule has 1 saturated heterocycles. The van der Waals surface area contributed by atoms with Gasteiger partial charge in [-0.05, 0) is 32.3 Å². The van der Waals surface area contributed by atoms with Crippen molar-refractivity contribution in [2.45, 2.75) is 52.2 Å². The van der Waals surface area contributed by atoms with Gasteiger partial charge < -0.3 is 14.6 Å². The van der Waals surface area contributed by atoms with Gasteiger partial charge in [-0.3, -0.25) is 4.79 Å². The molecule has 1 aromatic carbocycles. The van der Waals surface area contributed by atoms with Gasteiger partial charge in [0.2, 0.25) is 0 Å². The molecule has 1 N–H and O–H groups in total. The summed E-state index contributed by atoms with van der Waals surface area (Å²) in [6.45, 7) is 6.47. The van der Waals surface area contributed by atoms with Crippen molar-refractivity contribution >= 4 is 17.2 Å². The predicted molar refractivity (Wildman–Crippen MR) is 122 cm³/mol. The third-order valence-electron chi connectivity index (χ3n) is 5.65. The number of hydrogen-bond donors (Lipinski definition) is 1. The molecule has 3 heterocycles. The van der Waals surface area contributed by atoms with Crippen LogP contribution in [0.1, 0.15) is 48.7 Å². The second-order valence-electron chi connectivity index (χ2n) is 7.78. The molecule has 0 aliphatic carbocycles. The molecule has 1 fully saturated rings. The first-order chi connectivity index (χ1) is 14.7. The van der Waals surface area contributed by atoms with Crippen molar-refractivity contribution in [3.8, 4) is 22.0 Å². The Morgan fingerprint density at radius 3 is 2.90 bits per heavy atom. The van der Waals surface area contributed by atoms with Gasteiger partial charge in [-0.15, -0.1) is 11.3 Å². The van der Waals surface area contributed by atoms with Crippen LogP contribution in [0, 0.1) is 6.92 Å². The summed E-state index contributed by atoms with van der Waals surface area (Å²) < 4.78 is 7.88. The van der Waals surface area contributed by atoms with Crippen molar-refractivity contribution in [1.82, 2.24) is 14.9 Å². The van der Waals surface area contributed by atoms with Crippen LogP contribution in [0.5, 0.6) is 0 Å². The van der Waals surface area contributed by atoms with Crippen LogP contribution in [0.15, 0.2) is 41.8 Å². The van der Waals surface area contributed by atoms with Crippen LogP contribution in [-0.2, 0) is 11.3 Å². The van der Waals surface area contributed by atoms with Gasteiger partial charge in [-0.2, -0.15) is 0 Å². The molecule has 0 saturated carbocycles. The second-order valence-corrected chi connectivity index (χ2v) is 8.64. The molecular weight excluding hydrogens is 394 g/mol. The van der Waals surface area contributed by atoms with Gasteiger partial charge in [0.25, 0.3) is 5.91 Å². The zero-order valence-electron chi connectivity index (χ0n) is 17.7. The van der Waals surface area contributed by atoms with E-state index in [4.69, 9.17) is 9.72 Å². The number of ether oxygens (including phenoxy) is 1. The number of rotatable bonds is 8.